The number of carbonyl (C=O) groups is 1. The number of carbonyl (C=O) groups excluding carboxylic acids is 1. The minimum absolute atomic E-state index is 0.0317. The van der Waals surface area contributed by atoms with Crippen molar-refractivity contribution in [1.82, 2.24) is 14.7 Å². The second-order valence-electron chi connectivity index (χ2n) is 6.95. The van der Waals surface area contributed by atoms with Gasteiger partial charge in [-0.3, -0.25) is 4.79 Å². The molecule has 5 heteroatoms. The summed E-state index contributed by atoms with van der Waals surface area (Å²) >= 11 is 6.57. The van der Waals surface area contributed by atoms with Gasteiger partial charge in [0.25, 0.3) is 5.91 Å². The summed E-state index contributed by atoms with van der Waals surface area (Å²) in [7, 11) is 0. The van der Waals surface area contributed by atoms with Crippen LogP contribution in [0.2, 0.25) is 5.15 Å². The van der Waals surface area contributed by atoms with E-state index in [9.17, 15) is 4.79 Å². The zero-order chi connectivity index (χ0) is 18.0. The van der Waals surface area contributed by atoms with Crippen LogP contribution < -0.4 is 0 Å². The van der Waals surface area contributed by atoms with Gasteiger partial charge in [-0.05, 0) is 45.1 Å². The van der Waals surface area contributed by atoms with E-state index in [2.05, 4.69) is 43.2 Å². The lowest BCUT2D eigenvalue weighted by Gasteiger charge is -2.35. The van der Waals surface area contributed by atoms with Gasteiger partial charge in [0.2, 0.25) is 0 Å². The molecule has 1 aliphatic rings. The zero-order valence-corrected chi connectivity index (χ0v) is 16.0. The number of amides is 1. The monoisotopic (exact) mass is 359 g/mol. The Labute approximate surface area is 154 Å². The van der Waals surface area contributed by atoms with E-state index >= 15 is 0 Å². The summed E-state index contributed by atoms with van der Waals surface area (Å²) in [5.41, 5.74) is 3.62. The zero-order valence-electron chi connectivity index (χ0n) is 15.3. The highest BCUT2D eigenvalue weighted by molar-refractivity contribution is 6.33. The lowest BCUT2D eigenvalue weighted by Crippen LogP contribution is -2.43. The Morgan fingerprint density at radius 2 is 1.96 bits per heavy atom. The fourth-order valence-corrected chi connectivity index (χ4v) is 3.92. The molecule has 0 bridgehead atoms. The topological polar surface area (TPSA) is 38.1 Å². The molecule has 4 nitrogen and oxygen atoms in total. The molecular formula is C20H26ClN3O. The highest BCUT2D eigenvalue weighted by Gasteiger charge is 2.30. The van der Waals surface area contributed by atoms with Gasteiger partial charge in [-0.1, -0.05) is 48.4 Å². The molecule has 1 amide bonds. The van der Waals surface area contributed by atoms with Crippen molar-refractivity contribution in [1.29, 1.82) is 0 Å². The van der Waals surface area contributed by atoms with Crippen molar-refractivity contribution in [3.8, 4) is 0 Å². The molecule has 1 saturated heterocycles. The fraction of sp³-hybridized carbons (Fsp3) is 0.500. The van der Waals surface area contributed by atoms with Gasteiger partial charge in [0.1, 0.15) is 5.15 Å². The Morgan fingerprint density at radius 3 is 2.64 bits per heavy atom. The van der Waals surface area contributed by atoms with Gasteiger partial charge in [0.15, 0.2) is 0 Å². The molecule has 0 saturated carbocycles. The number of rotatable bonds is 4. The lowest BCUT2D eigenvalue weighted by atomic mass is 9.99. The predicted octanol–water partition coefficient (Wildman–Crippen LogP) is 4.61. The molecular weight excluding hydrogens is 334 g/mol. The molecule has 0 spiro atoms. The first kappa shape index (κ1) is 18.0. The maximum atomic E-state index is 13.1. The van der Waals surface area contributed by atoms with E-state index in [0.29, 0.717) is 29.0 Å². The van der Waals surface area contributed by atoms with Crippen molar-refractivity contribution in [3.63, 3.8) is 0 Å². The van der Waals surface area contributed by atoms with E-state index in [1.54, 1.807) is 4.68 Å². The Balaban J connectivity index is 1.86. The van der Waals surface area contributed by atoms with Crippen molar-refractivity contribution >= 4 is 17.5 Å². The molecule has 0 N–H and O–H groups in total. The normalized spacial score (nSPS) is 17.8. The largest absolute Gasteiger partial charge is 0.336 e. The van der Waals surface area contributed by atoms with Crippen LogP contribution in [0.5, 0.6) is 0 Å². The fourth-order valence-electron chi connectivity index (χ4n) is 3.60. The maximum Gasteiger partial charge on any atom is 0.259 e. The van der Waals surface area contributed by atoms with Crippen LogP contribution in [0, 0.1) is 13.8 Å². The van der Waals surface area contributed by atoms with Crippen LogP contribution in [0.1, 0.15) is 59.8 Å². The first-order valence-electron chi connectivity index (χ1n) is 9.10. The number of benzene rings is 1. The Hall–Kier alpha value is -1.81. The van der Waals surface area contributed by atoms with Crippen molar-refractivity contribution < 1.29 is 4.79 Å². The molecule has 1 fully saturated rings. The molecule has 1 aromatic heterocycles. The van der Waals surface area contributed by atoms with Crippen LogP contribution in [-0.4, -0.2) is 33.2 Å². The van der Waals surface area contributed by atoms with E-state index < -0.39 is 0 Å². The first-order valence-corrected chi connectivity index (χ1v) is 9.48. The van der Waals surface area contributed by atoms with Gasteiger partial charge >= 0.3 is 0 Å². The summed E-state index contributed by atoms with van der Waals surface area (Å²) in [5, 5.41) is 4.98. The number of aromatic nitrogens is 2. The maximum absolute atomic E-state index is 13.1. The van der Waals surface area contributed by atoms with Crippen molar-refractivity contribution in [3.05, 3.63) is 51.8 Å². The molecule has 1 aliphatic heterocycles. The summed E-state index contributed by atoms with van der Waals surface area (Å²) in [5.74, 6) is 0.0317. The molecule has 0 aliphatic carbocycles. The van der Waals surface area contributed by atoms with Crippen LogP contribution in [0.25, 0.3) is 0 Å². The molecule has 25 heavy (non-hydrogen) atoms. The van der Waals surface area contributed by atoms with Crippen LogP contribution in [0.3, 0.4) is 0 Å². The number of hydrogen-bond donors (Lipinski definition) is 0. The number of aryl methyl sites for hydroxylation is 2. The minimum atomic E-state index is 0.0317. The van der Waals surface area contributed by atoms with Gasteiger partial charge in [0, 0.05) is 12.6 Å². The summed E-state index contributed by atoms with van der Waals surface area (Å²) in [6.45, 7) is 7.47. The summed E-state index contributed by atoms with van der Waals surface area (Å²) < 4.78 is 1.74. The van der Waals surface area contributed by atoms with Crippen LogP contribution in [0.15, 0.2) is 24.3 Å². The van der Waals surface area contributed by atoms with Gasteiger partial charge in [-0.15, -0.1) is 0 Å². The molecule has 0 radical (unpaired) electrons. The summed E-state index contributed by atoms with van der Waals surface area (Å²) in [6.07, 6.45) is 4.33. The van der Waals surface area contributed by atoms with Gasteiger partial charge in [-0.2, -0.15) is 5.10 Å². The summed E-state index contributed by atoms with van der Waals surface area (Å²) in [4.78, 5) is 15.1. The number of likely N-dealkylation sites (tertiary alicyclic amines) is 1. The standard InChI is InChI=1S/C20H26ClN3O/c1-4-17-7-5-6-12-23(17)20(25)18-15(3)22-24(19(18)21)13-16-10-8-14(2)9-11-16/h8-11,17H,4-7,12-13H2,1-3H3. The van der Waals surface area contributed by atoms with E-state index in [1.165, 1.54) is 12.0 Å². The van der Waals surface area contributed by atoms with E-state index in [1.807, 2.05) is 11.8 Å². The van der Waals surface area contributed by atoms with E-state index in [0.717, 1.165) is 31.4 Å². The first-order chi connectivity index (χ1) is 12.0. The third kappa shape index (κ3) is 3.74. The molecule has 1 aromatic carbocycles. The lowest BCUT2D eigenvalue weighted by molar-refractivity contribution is 0.0607. The SMILES string of the molecule is CCC1CCCCN1C(=O)c1c(C)nn(Cc2ccc(C)cc2)c1Cl. The summed E-state index contributed by atoms with van der Waals surface area (Å²) in [6, 6.07) is 8.61. The third-order valence-corrected chi connectivity index (χ3v) is 5.48. The minimum Gasteiger partial charge on any atom is -0.336 e. The quantitative estimate of drug-likeness (QED) is 0.799. The average molecular weight is 360 g/mol. The molecule has 134 valence electrons. The number of hydrogen-bond acceptors (Lipinski definition) is 2. The second kappa shape index (κ2) is 7.61. The van der Waals surface area contributed by atoms with Gasteiger partial charge in [-0.25, -0.2) is 4.68 Å². The van der Waals surface area contributed by atoms with E-state index in [4.69, 9.17) is 11.6 Å². The molecule has 1 unspecified atom stereocenters. The number of piperidine rings is 1. The predicted molar refractivity (Wildman–Crippen MR) is 101 cm³/mol. The Bertz CT molecular complexity index is 751. The van der Waals surface area contributed by atoms with Crippen LogP contribution in [0.4, 0.5) is 0 Å². The smallest absolute Gasteiger partial charge is 0.259 e. The highest BCUT2D eigenvalue weighted by Crippen LogP contribution is 2.27. The molecule has 2 heterocycles. The highest BCUT2D eigenvalue weighted by atomic mass is 35.5. The number of nitrogens with zero attached hydrogens (tertiary/aromatic N) is 3. The van der Waals surface area contributed by atoms with E-state index in [-0.39, 0.29) is 5.91 Å². The van der Waals surface area contributed by atoms with Gasteiger partial charge < -0.3 is 4.90 Å². The molecule has 1 atom stereocenters. The average Bonchev–Trinajstić information content (AvgIpc) is 2.90. The van der Waals surface area contributed by atoms with Crippen LogP contribution >= 0.6 is 11.6 Å². The van der Waals surface area contributed by atoms with Crippen molar-refractivity contribution in [2.75, 3.05) is 6.54 Å². The Kier molecular flexibility index (Phi) is 5.48. The molecule has 3 rings (SSSR count). The number of halogens is 1. The molecule has 2 aromatic rings. The van der Waals surface area contributed by atoms with Crippen molar-refractivity contribution in [2.24, 2.45) is 0 Å². The second-order valence-corrected chi connectivity index (χ2v) is 7.31. The Morgan fingerprint density at radius 1 is 1.24 bits per heavy atom. The van der Waals surface area contributed by atoms with Gasteiger partial charge in [0.05, 0.1) is 17.8 Å². The van der Waals surface area contributed by atoms with Crippen molar-refractivity contribution in [2.45, 2.75) is 59.0 Å². The third-order valence-electron chi connectivity index (χ3n) is 5.09. The van der Waals surface area contributed by atoms with Crippen LogP contribution in [-0.2, 0) is 6.54 Å².